The summed E-state index contributed by atoms with van der Waals surface area (Å²) in [5.41, 5.74) is 0.193. The number of anilines is 3. The lowest BCUT2D eigenvalue weighted by Gasteiger charge is -2.18. The van der Waals surface area contributed by atoms with Gasteiger partial charge in [-0.25, -0.2) is 0 Å². The summed E-state index contributed by atoms with van der Waals surface area (Å²) < 4.78 is 11.0. The molecule has 2 aromatic heterocycles. The van der Waals surface area contributed by atoms with Crippen LogP contribution in [0.1, 0.15) is 55.5 Å². The Hall–Kier alpha value is -4.67. The van der Waals surface area contributed by atoms with E-state index < -0.39 is 23.7 Å². The average molecular weight is 557 g/mol. The number of methoxy groups -OCH3 is 1. The van der Waals surface area contributed by atoms with Crippen molar-refractivity contribution >= 4 is 34.9 Å². The van der Waals surface area contributed by atoms with E-state index >= 15 is 0 Å². The number of nitrogens with zero attached hydrogens (tertiary/aromatic N) is 4. The molecule has 1 aliphatic carbocycles. The van der Waals surface area contributed by atoms with Gasteiger partial charge >= 0.3 is 6.10 Å². The van der Waals surface area contributed by atoms with E-state index in [-0.39, 0.29) is 46.7 Å². The minimum atomic E-state index is -3.52. The summed E-state index contributed by atoms with van der Waals surface area (Å²) in [6.07, 6.45) is -1.49. The van der Waals surface area contributed by atoms with Crippen LogP contribution in [0.15, 0.2) is 28.8 Å². The normalized spacial score (nSPS) is 13.8. The smallest absolute Gasteiger partial charge is 0.369 e. The van der Waals surface area contributed by atoms with E-state index in [1.165, 1.54) is 20.1 Å². The second-order valence-corrected chi connectivity index (χ2v) is 8.98. The van der Waals surface area contributed by atoms with Gasteiger partial charge in [0.15, 0.2) is 23.1 Å². The molecule has 0 radical (unpaired) electrons. The van der Waals surface area contributed by atoms with Gasteiger partial charge in [0.1, 0.15) is 0 Å². The number of aliphatic hydroxyl groups is 3. The number of amides is 3. The standard InChI is InChI=1S/C24H28N8O8/c1-4-14(25-11(2)33)20-28-23(40-32-20)13-6-5-7-15(19(13)39-3)26-16-10-17(27-21(34)12-8-9-12)30-31-18(16)22(35)29-24(36,37)38/h5-7,10,12,14,36-38H,4,8-9H2,1-3H3,(H,25,33)(H,29,35)(H2,26,27,30,34). The molecule has 1 atom stereocenters. The summed E-state index contributed by atoms with van der Waals surface area (Å²) >= 11 is 0. The van der Waals surface area contributed by atoms with Crippen molar-refractivity contribution in [3.8, 4) is 17.2 Å². The zero-order chi connectivity index (χ0) is 29.0. The van der Waals surface area contributed by atoms with E-state index in [1.807, 2.05) is 6.92 Å². The molecule has 0 bridgehead atoms. The molecule has 1 fully saturated rings. The van der Waals surface area contributed by atoms with Crippen molar-refractivity contribution < 1.29 is 39.0 Å². The van der Waals surface area contributed by atoms with Gasteiger partial charge < -0.3 is 40.5 Å². The third-order valence-corrected chi connectivity index (χ3v) is 5.75. The van der Waals surface area contributed by atoms with Crippen LogP contribution in [0.3, 0.4) is 0 Å². The second-order valence-electron chi connectivity index (χ2n) is 8.98. The summed E-state index contributed by atoms with van der Waals surface area (Å²) in [6.45, 7) is 3.24. The lowest BCUT2D eigenvalue weighted by molar-refractivity contribution is -0.323. The number of ether oxygens (including phenoxy) is 1. The number of aromatic nitrogens is 4. The van der Waals surface area contributed by atoms with E-state index in [4.69, 9.17) is 9.26 Å². The lowest BCUT2D eigenvalue weighted by Crippen LogP contribution is -2.48. The zero-order valence-electron chi connectivity index (χ0n) is 21.8. The molecule has 3 aromatic rings. The topological polar surface area (TPSA) is 234 Å². The molecule has 2 heterocycles. The van der Waals surface area contributed by atoms with Crippen LogP contribution >= 0.6 is 0 Å². The first kappa shape index (κ1) is 28.3. The van der Waals surface area contributed by atoms with E-state index in [1.54, 1.807) is 23.5 Å². The molecule has 16 heteroatoms. The molecule has 0 aliphatic heterocycles. The van der Waals surface area contributed by atoms with Crippen molar-refractivity contribution in [2.24, 2.45) is 5.92 Å². The highest BCUT2D eigenvalue weighted by Gasteiger charge is 2.31. The molecule has 3 amide bonds. The molecule has 7 N–H and O–H groups in total. The van der Waals surface area contributed by atoms with Crippen LogP contribution in [0.5, 0.6) is 5.75 Å². The number of rotatable bonds is 11. The van der Waals surface area contributed by atoms with Crippen molar-refractivity contribution in [1.29, 1.82) is 0 Å². The molecule has 212 valence electrons. The van der Waals surface area contributed by atoms with Crippen molar-refractivity contribution in [1.82, 2.24) is 31.0 Å². The molecular formula is C24H28N8O8. The Balaban J connectivity index is 1.70. The fourth-order valence-electron chi connectivity index (χ4n) is 3.75. The van der Waals surface area contributed by atoms with Crippen LogP contribution in [-0.4, -0.2) is 66.6 Å². The zero-order valence-corrected chi connectivity index (χ0v) is 21.8. The molecular weight excluding hydrogens is 528 g/mol. The Morgan fingerprint density at radius 1 is 1.18 bits per heavy atom. The minimum Gasteiger partial charge on any atom is -0.494 e. The van der Waals surface area contributed by atoms with Gasteiger partial charge in [0, 0.05) is 18.9 Å². The van der Waals surface area contributed by atoms with Gasteiger partial charge in [-0.15, -0.1) is 10.2 Å². The summed E-state index contributed by atoms with van der Waals surface area (Å²) in [7, 11) is 1.39. The number of hydrogen-bond acceptors (Lipinski definition) is 13. The van der Waals surface area contributed by atoms with E-state index in [0.29, 0.717) is 17.7 Å². The first-order valence-corrected chi connectivity index (χ1v) is 12.2. The molecule has 1 unspecified atom stereocenters. The fraction of sp³-hybridized carbons (Fsp3) is 0.375. The van der Waals surface area contributed by atoms with E-state index in [0.717, 1.165) is 12.8 Å². The fourth-order valence-corrected chi connectivity index (χ4v) is 3.75. The highest BCUT2D eigenvalue weighted by atomic mass is 16.7. The predicted molar refractivity (Wildman–Crippen MR) is 137 cm³/mol. The highest BCUT2D eigenvalue weighted by molar-refractivity contribution is 6.00. The second kappa shape index (κ2) is 11.6. The predicted octanol–water partition coefficient (Wildman–Crippen LogP) is 0.532. The van der Waals surface area contributed by atoms with Crippen LogP contribution < -0.4 is 26.0 Å². The van der Waals surface area contributed by atoms with Gasteiger partial charge in [-0.2, -0.15) is 4.98 Å². The average Bonchev–Trinajstić information content (AvgIpc) is 3.63. The Kier molecular flexibility index (Phi) is 8.22. The summed E-state index contributed by atoms with van der Waals surface area (Å²) in [4.78, 5) is 40.8. The maximum Gasteiger partial charge on any atom is 0.369 e. The van der Waals surface area contributed by atoms with Crippen LogP contribution in [0, 0.1) is 5.92 Å². The summed E-state index contributed by atoms with van der Waals surface area (Å²) in [5.74, 6) is -1.22. The SMILES string of the molecule is CCC(NC(C)=O)c1noc(-c2cccc(Nc3cc(NC(=O)C4CC4)nnc3C(=O)NC(O)(O)O)c2OC)n1. The van der Waals surface area contributed by atoms with Crippen molar-refractivity contribution in [3.05, 3.63) is 35.8 Å². The van der Waals surface area contributed by atoms with Gasteiger partial charge in [0.25, 0.3) is 11.8 Å². The molecule has 0 spiro atoms. The number of benzene rings is 1. The summed E-state index contributed by atoms with van der Waals surface area (Å²) in [5, 5.41) is 49.1. The molecule has 1 saturated carbocycles. The maximum absolute atomic E-state index is 12.6. The largest absolute Gasteiger partial charge is 0.494 e. The quantitative estimate of drug-likeness (QED) is 0.160. The summed E-state index contributed by atoms with van der Waals surface area (Å²) in [6, 6.07) is 5.74. The Morgan fingerprint density at radius 3 is 2.55 bits per heavy atom. The van der Waals surface area contributed by atoms with Gasteiger partial charge in [0.2, 0.25) is 11.8 Å². The maximum atomic E-state index is 12.6. The number of nitrogens with one attached hydrogen (secondary N) is 4. The van der Waals surface area contributed by atoms with Crippen molar-refractivity contribution in [2.45, 2.75) is 45.2 Å². The lowest BCUT2D eigenvalue weighted by atomic mass is 10.1. The van der Waals surface area contributed by atoms with Crippen LogP contribution in [-0.2, 0) is 9.59 Å². The van der Waals surface area contributed by atoms with Crippen molar-refractivity contribution in [2.75, 3.05) is 17.7 Å². The van der Waals surface area contributed by atoms with Gasteiger partial charge in [0.05, 0.1) is 30.1 Å². The third kappa shape index (κ3) is 6.85. The van der Waals surface area contributed by atoms with Gasteiger partial charge in [-0.1, -0.05) is 18.1 Å². The van der Waals surface area contributed by atoms with Crippen molar-refractivity contribution in [3.63, 3.8) is 0 Å². The van der Waals surface area contributed by atoms with Crippen LogP contribution in [0.4, 0.5) is 17.2 Å². The van der Waals surface area contributed by atoms with Crippen LogP contribution in [0.2, 0.25) is 0 Å². The molecule has 16 nitrogen and oxygen atoms in total. The van der Waals surface area contributed by atoms with Gasteiger partial charge in [-0.3, -0.25) is 19.7 Å². The third-order valence-electron chi connectivity index (χ3n) is 5.75. The number of carbonyl (C=O) groups is 3. The number of para-hydroxylation sites is 1. The first-order valence-electron chi connectivity index (χ1n) is 12.2. The van der Waals surface area contributed by atoms with E-state index in [9.17, 15) is 29.7 Å². The molecule has 4 rings (SSSR count). The number of carbonyl (C=O) groups excluding carboxylic acids is 3. The molecule has 1 aliphatic rings. The molecule has 40 heavy (non-hydrogen) atoms. The molecule has 1 aromatic carbocycles. The van der Waals surface area contributed by atoms with E-state index in [2.05, 4.69) is 36.3 Å². The molecule has 0 saturated heterocycles. The Labute approximate surface area is 227 Å². The van der Waals surface area contributed by atoms with Crippen LogP contribution in [0.25, 0.3) is 11.5 Å². The Morgan fingerprint density at radius 2 is 1.93 bits per heavy atom. The highest BCUT2D eigenvalue weighted by Crippen LogP contribution is 2.38. The first-order chi connectivity index (χ1) is 19.0. The number of hydrogen-bond donors (Lipinski definition) is 7. The minimum absolute atomic E-state index is 0.0266. The monoisotopic (exact) mass is 556 g/mol. The van der Waals surface area contributed by atoms with Gasteiger partial charge in [-0.05, 0) is 31.4 Å². The Bertz CT molecular complexity index is 1420.